The number of amidine groups is 1. The zero-order valence-electron chi connectivity index (χ0n) is 21.2. The number of hydrogen-bond acceptors (Lipinski definition) is 5. The third-order valence-electron chi connectivity index (χ3n) is 4.89. The summed E-state index contributed by atoms with van der Waals surface area (Å²) in [4.78, 5) is 35.0. The summed E-state index contributed by atoms with van der Waals surface area (Å²) in [6.45, 7) is 19.0. The summed E-state index contributed by atoms with van der Waals surface area (Å²) < 4.78 is 24.6. The predicted molar refractivity (Wildman–Crippen MR) is 133 cm³/mol. The number of likely N-dealkylation sites (tertiary alicyclic amines) is 1. The van der Waals surface area contributed by atoms with Crippen molar-refractivity contribution in [2.75, 3.05) is 13.1 Å². The van der Waals surface area contributed by atoms with Crippen LogP contribution < -0.4 is 5.32 Å². The highest BCUT2D eigenvalue weighted by molar-refractivity contribution is 6.31. The van der Waals surface area contributed by atoms with Crippen LogP contribution in [-0.4, -0.2) is 59.2 Å². The first-order chi connectivity index (χ1) is 16.2. The second-order valence-electron chi connectivity index (χ2n) is 10.4. The molecule has 10 heteroatoms. The lowest BCUT2D eigenvalue weighted by Crippen LogP contribution is -2.53. The van der Waals surface area contributed by atoms with Gasteiger partial charge in [-0.15, -0.1) is 0 Å². The third-order valence-corrected chi connectivity index (χ3v) is 5.26. The number of esters is 1. The smallest absolute Gasteiger partial charge is 0.407 e. The van der Waals surface area contributed by atoms with Crippen LogP contribution >= 0.6 is 11.6 Å². The molecule has 0 saturated carbocycles. The van der Waals surface area contributed by atoms with Gasteiger partial charge in [-0.2, -0.15) is 0 Å². The minimum Gasteiger partial charge on any atom is -0.454 e. The summed E-state index contributed by atoms with van der Waals surface area (Å²) in [7, 11) is 0. The Labute approximate surface area is 211 Å². The van der Waals surface area contributed by atoms with Gasteiger partial charge in [-0.3, -0.25) is 9.84 Å². The lowest BCUT2D eigenvalue weighted by molar-refractivity contribution is -0.153. The second kappa shape index (κ2) is 11.7. The summed E-state index contributed by atoms with van der Waals surface area (Å²) in [6, 6.07) is 2.36. The van der Waals surface area contributed by atoms with Crippen molar-refractivity contribution in [2.24, 2.45) is 4.99 Å². The van der Waals surface area contributed by atoms with Crippen LogP contribution in [0.1, 0.15) is 59.9 Å². The number of carbonyl (C=O) groups excluding carboxylic acids is 2. The Kier molecular flexibility index (Phi) is 9.50. The number of hydrogen-bond donors (Lipinski definition) is 1. The van der Waals surface area contributed by atoms with E-state index in [9.17, 15) is 14.0 Å². The van der Waals surface area contributed by atoms with Crippen LogP contribution in [0.3, 0.4) is 0 Å². The molecule has 1 fully saturated rings. The average Bonchev–Trinajstić information content (AvgIpc) is 2.70. The van der Waals surface area contributed by atoms with Crippen LogP contribution in [0.5, 0.6) is 0 Å². The van der Waals surface area contributed by atoms with Crippen molar-refractivity contribution >= 4 is 29.5 Å². The number of amides is 1. The molecule has 0 aliphatic carbocycles. The fourth-order valence-corrected chi connectivity index (χ4v) is 3.72. The number of nitrogens with one attached hydrogen (secondary N) is 1. The molecule has 0 bridgehead atoms. The van der Waals surface area contributed by atoms with Crippen LogP contribution in [0, 0.1) is 12.4 Å². The average molecular weight is 509 g/mol. The number of aliphatic imine (C=N–C) groups is 1. The summed E-state index contributed by atoms with van der Waals surface area (Å²) in [5, 5.41) is 3.18. The van der Waals surface area contributed by atoms with Gasteiger partial charge in [-0.05, 0) is 78.1 Å². The van der Waals surface area contributed by atoms with Gasteiger partial charge in [0.2, 0.25) is 0 Å². The van der Waals surface area contributed by atoms with E-state index in [0.29, 0.717) is 36.5 Å². The van der Waals surface area contributed by atoms with Crippen molar-refractivity contribution < 1.29 is 23.5 Å². The first kappa shape index (κ1) is 28.4. The highest BCUT2D eigenvalue weighted by atomic mass is 35.5. The summed E-state index contributed by atoms with van der Waals surface area (Å²) in [5.41, 5.74) is -1.00. The monoisotopic (exact) mass is 508 g/mol. The SMILES string of the molecule is [C-]#[N+]C(C(=O)OC(C)(C)C)C(=NCc1cc(F)ccc1Cl)N1CCC[C@@H](NC(=O)OC(C)(C)C)C1. The molecule has 8 nitrogen and oxygen atoms in total. The molecule has 1 amide bonds. The maximum atomic E-state index is 13.8. The molecule has 192 valence electrons. The van der Waals surface area contributed by atoms with Gasteiger partial charge in [-0.1, -0.05) is 11.6 Å². The lowest BCUT2D eigenvalue weighted by atomic mass is 10.0. The number of halogens is 2. The zero-order valence-corrected chi connectivity index (χ0v) is 21.9. The molecule has 1 N–H and O–H groups in total. The third kappa shape index (κ3) is 9.36. The minimum atomic E-state index is -1.32. The van der Waals surface area contributed by atoms with Gasteiger partial charge < -0.3 is 19.7 Å². The van der Waals surface area contributed by atoms with E-state index in [4.69, 9.17) is 27.6 Å². The number of ether oxygens (including phenoxy) is 2. The first-order valence-corrected chi connectivity index (χ1v) is 11.9. The molecule has 1 unspecified atom stereocenters. The van der Waals surface area contributed by atoms with Gasteiger partial charge in [-0.25, -0.2) is 20.6 Å². The molecule has 2 atom stereocenters. The Morgan fingerprint density at radius 2 is 1.91 bits per heavy atom. The molecule has 1 aromatic carbocycles. The van der Waals surface area contributed by atoms with Crippen molar-refractivity contribution in [3.63, 3.8) is 0 Å². The van der Waals surface area contributed by atoms with E-state index in [1.54, 1.807) is 46.4 Å². The number of carbonyl (C=O) groups is 2. The Hall–Kier alpha value is -2.86. The standard InChI is InChI=1S/C25H34ClFN4O4/c1-24(2,3)34-22(32)20(28-7)21(29-14-16-13-17(27)10-11-19(16)26)31-12-8-9-18(15-31)30-23(33)35-25(4,5)6/h10-11,13,18,20H,8-9,12,14-15H2,1-6H3,(H,30,33)/t18-,20?/m1/s1. The highest BCUT2D eigenvalue weighted by Crippen LogP contribution is 2.21. The van der Waals surface area contributed by atoms with Crippen LogP contribution in [0.15, 0.2) is 23.2 Å². The van der Waals surface area contributed by atoms with E-state index >= 15 is 0 Å². The van der Waals surface area contributed by atoms with Crippen LogP contribution in [0.4, 0.5) is 9.18 Å². The Bertz CT molecular complexity index is 995. The maximum Gasteiger partial charge on any atom is 0.407 e. The molecular formula is C25H34ClFN4O4. The summed E-state index contributed by atoms with van der Waals surface area (Å²) >= 11 is 6.20. The van der Waals surface area contributed by atoms with Crippen molar-refractivity contribution in [3.05, 3.63) is 46.0 Å². The van der Waals surface area contributed by atoms with E-state index in [1.165, 1.54) is 18.2 Å². The molecule has 1 heterocycles. The number of alkyl carbamates (subject to hydrolysis) is 1. The number of piperidine rings is 1. The van der Waals surface area contributed by atoms with E-state index in [0.717, 1.165) is 0 Å². The van der Waals surface area contributed by atoms with Gasteiger partial charge in [0.1, 0.15) is 17.0 Å². The Morgan fingerprint density at radius 1 is 1.26 bits per heavy atom. The van der Waals surface area contributed by atoms with E-state index in [2.05, 4.69) is 15.2 Å². The molecule has 1 aliphatic rings. The van der Waals surface area contributed by atoms with Crippen molar-refractivity contribution in [2.45, 2.75) is 84.2 Å². The Morgan fingerprint density at radius 3 is 2.51 bits per heavy atom. The topological polar surface area (TPSA) is 84.6 Å². The lowest BCUT2D eigenvalue weighted by Gasteiger charge is -2.35. The number of nitrogens with zero attached hydrogens (tertiary/aromatic N) is 3. The van der Waals surface area contributed by atoms with Crippen LogP contribution in [0.2, 0.25) is 5.02 Å². The highest BCUT2D eigenvalue weighted by Gasteiger charge is 2.39. The fourth-order valence-electron chi connectivity index (χ4n) is 3.54. The van der Waals surface area contributed by atoms with Gasteiger partial charge in [0, 0.05) is 24.2 Å². The second-order valence-corrected chi connectivity index (χ2v) is 10.8. The largest absolute Gasteiger partial charge is 0.454 e. The van der Waals surface area contributed by atoms with Gasteiger partial charge in [0.05, 0.1) is 6.54 Å². The van der Waals surface area contributed by atoms with E-state index in [1.807, 2.05) is 0 Å². The molecule has 0 aromatic heterocycles. The molecule has 0 spiro atoms. The molecule has 1 aromatic rings. The molecule has 0 radical (unpaired) electrons. The molecule has 2 rings (SSSR count). The van der Waals surface area contributed by atoms with Crippen molar-refractivity contribution in [1.29, 1.82) is 0 Å². The van der Waals surface area contributed by atoms with Crippen molar-refractivity contribution in [1.82, 2.24) is 10.2 Å². The normalized spacial score (nSPS) is 17.9. The van der Waals surface area contributed by atoms with Gasteiger partial charge >= 0.3 is 18.1 Å². The minimum absolute atomic E-state index is 0.0264. The molecule has 35 heavy (non-hydrogen) atoms. The number of rotatable bonds is 5. The summed E-state index contributed by atoms with van der Waals surface area (Å²) in [5.74, 6) is -0.987. The quantitative estimate of drug-likeness (QED) is 0.262. The van der Waals surface area contributed by atoms with E-state index in [-0.39, 0.29) is 18.4 Å². The first-order valence-electron chi connectivity index (χ1n) is 11.5. The molecule has 1 saturated heterocycles. The molecular weight excluding hydrogens is 475 g/mol. The summed E-state index contributed by atoms with van der Waals surface area (Å²) in [6.07, 6.45) is 0.857. The van der Waals surface area contributed by atoms with Gasteiger partial charge in [0.25, 0.3) is 0 Å². The van der Waals surface area contributed by atoms with Crippen LogP contribution in [-0.2, 0) is 20.8 Å². The zero-order chi connectivity index (χ0) is 26.4. The predicted octanol–water partition coefficient (Wildman–Crippen LogP) is 5.00. The Balaban J connectivity index is 2.33. The maximum absolute atomic E-state index is 13.8. The van der Waals surface area contributed by atoms with Crippen molar-refractivity contribution in [3.8, 4) is 0 Å². The number of benzene rings is 1. The van der Waals surface area contributed by atoms with Crippen LogP contribution in [0.25, 0.3) is 4.85 Å². The molecule has 1 aliphatic heterocycles. The van der Waals surface area contributed by atoms with Gasteiger partial charge in [0.15, 0.2) is 5.84 Å². The van der Waals surface area contributed by atoms with E-state index < -0.39 is 35.1 Å². The fraction of sp³-hybridized carbons (Fsp3) is 0.600.